The minimum atomic E-state index is -4.79. The van der Waals surface area contributed by atoms with Crippen LogP contribution in [-0.2, 0) is 12.9 Å². The van der Waals surface area contributed by atoms with Gasteiger partial charge in [-0.15, -0.1) is 0 Å². The molecule has 0 aliphatic rings. The molecule has 108 valence electrons. The zero-order valence-electron chi connectivity index (χ0n) is 10.6. The highest BCUT2D eigenvalue weighted by Gasteiger charge is 2.35. The van der Waals surface area contributed by atoms with Gasteiger partial charge < -0.3 is 5.11 Å². The average molecular weight is 295 g/mol. The molecule has 2 nitrogen and oxygen atoms in total. The summed E-state index contributed by atoms with van der Waals surface area (Å²) in [5, 5.41) is 18.7. The fourth-order valence-corrected chi connectivity index (χ4v) is 1.96. The van der Waals surface area contributed by atoms with Gasteiger partial charge >= 0.3 is 6.18 Å². The lowest BCUT2D eigenvalue weighted by molar-refractivity contribution is -0.138. The van der Waals surface area contributed by atoms with Crippen molar-refractivity contribution >= 4 is 0 Å². The lowest BCUT2D eigenvalue weighted by Crippen LogP contribution is -2.06. The van der Waals surface area contributed by atoms with Crippen LogP contribution in [0.1, 0.15) is 16.7 Å². The predicted octanol–water partition coefficient (Wildman–Crippen LogP) is 4.42. The number of benzene rings is 2. The van der Waals surface area contributed by atoms with E-state index in [1.54, 1.807) is 6.07 Å². The summed E-state index contributed by atoms with van der Waals surface area (Å²) >= 11 is 0. The summed E-state index contributed by atoms with van der Waals surface area (Å²) in [5.74, 6) is -0.975. The third-order valence-electron chi connectivity index (χ3n) is 2.94. The summed E-state index contributed by atoms with van der Waals surface area (Å²) < 4.78 is 51.3. The number of hydrogen-bond acceptors (Lipinski definition) is 2. The second-order valence-electron chi connectivity index (χ2n) is 4.36. The number of phenolic OH excluding ortho intramolecular Hbond substituents is 1. The largest absolute Gasteiger partial charge is 0.507 e. The Hall–Kier alpha value is -2.55. The van der Waals surface area contributed by atoms with E-state index in [4.69, 9.17) is 5.26 Å². The molecule has 0 aliphatic carbocycles. The fraction of sp³-hybridized carbons (Fsp3) is 0.133. The molecule has 0 radical (unpaired) electrons. The Morgan fingerprint density at radius 2 is 1.86 bits per heavy atom. The van der Waals surface area contributed by atoms with Gasteiger partial charge in [-0.1, -0.05) is 18.2 Å². The fourth-order valence-electron chi connectivity index (χ4n) is 1.96. The topological polar surface area (TPSA) is 44.0 Å². The molecular weight excluding hydrogens is 286 g/mol. The number of nitriles is 1. The van der Waals surface area contributed by atoms with Gasteiger partial charge in [0, 0.05) is 5.56 Å². The normalized spacial score (nSPS) is 11.2. The van der Waals surface area contributed by atoms with Crippen molar-refractivity contribution in [1.82, 2.24) is 0 Å². The minimum Gasteiger partial charge on any atom is -0.507 e. The molecule has 2 aromatic rings. The first-order valence-corrected chi connectivity index (χ1v) is 5.86. The molecule has 0 heterocycles. The van der Waals surface area contributed by atoms with Crippen LogP contribution in [0.15, 0.2) is 36.4 Å². The Labute approximate surface area is 117 Å². The molecule has 0 aliphatic heterocycles. The maximum atomic E-state index is 12.9. The second kappa shape index (κ2) is 5.44. The van der Waals surface area contributed by atoms with E-state index in [0.29, 0.717) is 6.07 Å². The van der Waals surface area contributed by atoms with Gasteiger partial charge in [-0.25, -0.2) is 4.39 Å². The lowest BCUT2D eigenvalue weighted by atomic mass is 9.97. The molecule has 1 N–H and O–H groups in total. The van der Waals surface area contributed by atoms with Gasteiger partial charge in [0.2, 0.25) is 0 Å². The van der Waals surface area contributed by atoms with Gasteiger partial charge in [0.05, 0.1) is 17.2 Å². The first-order chi connectivity index (χ1) is 9.86. The van der Waals surface area contributed by atoms with Crippen LogP contribution < -0.4 is 0 Å². The van der Waals surface area contributed by atoms with Crippen molar-refractivity contribution in [3.05, 3.63) is 53.1 Å². The van der Waals surface area contributed by atoms with Crippen LogP contribution in [0.4, 0.5) is 17.6 Å². The number of aromatic hydroxyl groups is 1. The predicted molar refractivity (Wildman–Crippen MR) is 68.1 cm³/mol. The molecule has 0 saturated heterocycles. The molecule has 2 aromatic carbocycles. The van der Waals surface area contributed by atoms with Crippen molar-refractivity contribution < 1.29 is 22.7 Å². The van der Waals surface area contributed by atoms with Crippen molar-refractivity contribution in [1.29, 1.82) is 5.26 Å². The molecule has 0 atom stereocenters. The number of hydrogen-bond donors (Lipinski definition) is 1. The van der Waals surface area contributed by atoms with E-state index in [-0.39, 0.29) is 22.3 Å². The number of nitrogens with zero attached hydrogens (tertiary/aromatic N) is 1. The van der Waals surface area contributed by atoms with E-state index < -0.39 is 24.2 Å². The Bertz CT molecular complexity index is 717. The molecule has 21 heavy (non-hydrogen) atoms. The van der Waals surface area contributed by atoms with Crippen molar-refractivity contribution in [2.45, 2.75) is 12.9 Å². The highest BCUT2D eigenvalue weighted by molar-refractivity contribution is 5.74. The quantitative estimate of drug-likeness (QED) is 0.833. The van der Waals surface area contributed by atoms with E-state index in [0.717, 1.165) is 6.07 Å². The Kier molecular flexibility index (Phi) is 3.85. The maximum Gasteiger partial charge on any atom is 0.420 e. The third-order valence-corrected chi connectivity index (χ3v) is 2.94. The van der Waals surface area contributed by atoms with E-state index in [2.05, 4.69) is 0 Å². The molecule has 6 heteroatoms. The SMILES string of the molecule is N#Cc1cc(-c2cccc(CF)c2)c(O)c(C(F)(F)F)c1. The first kappa shape index (κ1) is 14.9. The standard InChI is InChI=1S/C15H9F4NO/c16-7-9-2-1-3-11(4-9)12-5-10(8-20)6-13(14(12)21)15(17,18)19/h1-6,21H,7H2. The summed E-state index contributed by atoms with van der Waals surface area (Å²) in [6.45, 7) is -0.779. The second-order valence-corrected chi connectivity index (χ2v) is 4.36. The molecule has 0 bridgehead atoms. The molecule has 0 unspecified atom stereocenters. The Balaban J connectivity index is 2.71. The number of phenols is 1. The van der Waals surface area contributed by atoms with Gasteiger partial charge in [-0.2, -0.15) is 18.4 Å². The van der Waals surface area contributed by atoms with E-state index in [1.807, 2.05) is 0 Å². The molecular formula is C15H9F4NO. The van der Waals surface area contributed by atoms with E-state index in [9.17, 15) is 22.7 Å². The van der Waals surface area contributed by atoms with Crippen LogP contribution in [0.25, 0.3) is 11.1 Å². The van der Waals surface area contributed by atoms with E-state index >= 15 is 0 Å². The Morgan fingerprint density at radius 3 is 2.43 bits per heavy atom. The van der Waals surface area contributed by atoms with Crippen molar-refractivity contribution in [3.8, 4) is 22.9 Å². The summed E-state index contributed by atoms with van der Waals surface area (Å²) in [5.41, 5.74) is -1.20. The zero-order chi connectivity index (χ0) is 15.6. The maximum absolute atomic E-state index is 12.9. The van der Waals surface area contributed by atoms with Crippen LogP contribution in [0.3, 0.4) is 0 Å². The molecule has 0 spiro atoms. The highest BCUT2D eigenvalue weighted by atomic mass is 19.4. The molecule has 0 amide bonds. The van der Waals surface area contributed by atoms with Crippen LogP contribution in [0, 0.1) is 11.3 Å². The zero-order valence-corrected chi connectivity index (χ0v) is 10.6. The summed E-state index contributed by atoms with van der Waals surface area (Å²) in [4.78, 5) is 0. The highest BCUT2D eigenvalue weighted by Crippen LogP contribution is 2.42. The van der Waals surface area contributed by atoms with E-state index in [1.165, 1.54) is 24.3 Å². The molecule has 2 rings (SSSR count). The van der Waals surface area contributed by atoms with Crippen LogP contribution in [0.2, 0.25) is 0 Å². The summed E-state index contributed by atoms with van der Waals surface area (Å²) in [6.07, 6.45) is -4.79. The van der Waals surface area contributed by atoms with Crippen molar-refractivity contribution in [3.63, 3.8) is 0 Å². The van der Waals surface area contributed by atoms with Gasteiger partial charge in [-0.3, -0.25) is 0 Å². The van der Waals surface area contributed by atoms with Gasteiger partial charge in [0.1, 0.15) is 12.4 Å². The van der Waals surface area contributed by atoms with Crippen LogP contribution in [-0.4, -0.2) is 5.11 Å². The first-order valence-electron chi connectivity index (χ1n) is 5.86. The number of alkyl halides is 4. The number of halogens is 4. The molecule has 0 aromatic heterocycles. The Morgan fingerprint density at radius 1 is 1.14 bits per heavy atom. The number of rotatable bonds is 2. The van der Waals surface area contributed by atoms with Crippen LogP contribution in [0.5, 0.6) is 5.75 Å². The summed E-state index contributed by atoms with van der Waals surface area (Å²) in [6, 6.07) is 9.05. The van der Waals surface area contributed by atoms with Crippen LogP contribution >= 0.6 is 0 Å². The smallest absolute Gasteiger partial charge is 0.420 e. The summed E-state index contributed by atoms with van der Waals surface area (Å²) in [7, 11) is 0. The average Bonchev–Trinajstić information content (AvgIpc) is 2.46. The monoisotopic (exact) mass is 295 g/mol. The molecule has 0 fully saturated rings. The third kappa shape index (κ3) is 2.97. The minimum absolute atomic E-state index is 0.156. The van der Waals surface area contributed by atoms with Crippen molar-refractivity contribution in [2.75, 3.05) is 0 Å². The van der Waals surface area contributed by atoms with Crippen molar-refractivity contribution in [2.24, 2.45) is 0 Å². The lowest BCUT2D eigenvalue weighted by Gasteiger charge is -2.14. The van der Waals surface area contributed by atoms with Gasteiger partial charge in [-0.05, 0) is 29.3 Å². The van der Waals surface area contributed by atoms with Gasteiger partial charge in [0.25, 0.3) is 0 Å². The van der Waals surface area contributed by atoms with Gasteiger partial charge in [0.15, 0.2) is 0 Å². The molecule has 0 saturated carbocycles.